The first-order chi connectivity index (χ1) is 5.57. The van der Waals surface area contributed by atoms with Crippen LogP contribution in [0.1, 0.15) is 13.8 Å². The molecule has 0 aliphatic carbocycles. The summed E-state index contributed by atoms with van der Waals surface area (Å²) in [6.07, 6.45) is 0. The van der Waals surface area contributed by atoms with E-state index in [0.29, 0.717) is 18.1 Å². The number of nitrogens with one attached hydrogen (secondary N) is 1. The molecule has 0 aromatic carbocycles. The van der Waals surface area contributed by atoms with Gasteiger partial charge >= 0.3 is 0 Å². The molecular weight excluding hydrogens is 176 g/mol. The molecule has 5 heteroatoms. The lowest BCUT2D eigenvalue weighted by atomic mass is 10.3. The molecule has 12 heavy (non-hydrogen) atoms. The standard InChI is InChI=1S/C7H16N2O2S/c1-3-12(11)5-4-9-7(10)6(2)8/h6H,3-5,8H2,1-2H3,(H,9,10). The highest BCUT2D eigenvalue weighted by Crippen LogP contribution is 1.80. The summed E-state index contributed by atoms with van der Waals surface area (Å²) in [5, 5.41) is 2.59. The van der Waals surface area contributed by atoms with Crippen molar-refractivity contribution >= 4 is 16.7 Å². The first kappa shape index (κ1) is 11.6. The van der Waals surface area contributed by atoms with E-state index in [0.717, 1.165) is 0 Å². The molecule has 0 rings (SSSR count). The molecule has 2 atom stereocenters. The van der Waals surface area contributed by atoms with Gasteiger partial charge in [0.15, 0.2) is 0 Å². The average molecular weight is 192 g/mol. The average Bonchev–Trinajstić information content (AvgIpc) is 2.03. The number of nitrogens with two attached hydrogens (primary N) is 1. The maximum Gasteiger partial charge on any atom is 0.236 e. The molecule has 4 nitrogen and oxygen atoms in total. The Morgan fingerprint density at radius 3 is 2.67 bits per heavy atom. The zero-order valence-electron chi connectivity index (χ0n) is 7.50. The Kier molecular flexibility index (Phi) is 5.92. The van der Waals surface area contributed by atoms with Crippen molar-refractivity contribution in [3.8, 4) is 0 Å². The molecule has 0 aromatic rings. The number of hydrogen-bond acceptors (Lipinski definition) is 3. The van der Waals surface area contributed by atoms with Gasteiger partial charge in [0.05, 0.1) is 6.04 Å². The Bertz CT molecular complexity index is 171. The van der Waals surface area contributed by atoms with E-state index in [4.69, 9.17) is 5.73 Å². The fraction of sp³-hybridized carbons (Fsp3) is 0.857. The zero-order valence-corrected chi connectivity index (χ0v) is 8.32. The van der Waals surface area contributed by atoms with Crippen molar-refractivity contribution in [3.05, 3.63) is 0 Å². The molecule has 2 unspecified atom stereocenters. The second-order valence-electron chi connectivity index (χ2n) is 2.51. The van der Waals surface area contributed by atoms with Gasteiger partial charge in [0.25, 0.3) is 0 Å². The monoisotopic (exact) mass is 192 g/mol. The third-order valence-electron chi connectivity index (χ3n) is 1.36. The van der Waals surface area contributed by atoms with Crippen LogP contribution in [0.4, 0.5) is 0 Å². The van der Waals surface area contributed by atoms with Gasteiger partial charge in [-0.05, 0) is 6.92 Å². The van der Waals surface area contributed by atoms with E-state index < -0.39 is 16.8 Å². The second kappa shape index (κ2) is 6.14. The minimum absolute atomic E-state index is 0.192. The minimum atomic E-state index is -0.812. The Balaban J connectivity index is 3.44. The van der Waals surface area contributed by atoms with Crippen LogP contribution in [0.15, 0.2) is 0 Å². The Hall–Kier alpha value is -0.420. The van der Waals surface area contributed by atoms with Crippen molar-refractivity contribution in [2.45, 2.75) is 19.9 Å². The summed E-state index contributed by atoms with van der Waals surface area (Å²) in [6, 6.07) is -0.486. The predicted molar refractivity (Wildman–Crippen MR) is 50.2 cm³/mol. The van der Waals surface area contributed by atoms with Gasteiger partial charge in [0.2, 0.25) is 5.91 Å². The lowest BCUT2D eigenvalue weighted by Crippen LogP contribution is -2.39. The predicted octanol–water partition coefficient (Wildman–Crippen LogP) is -0.782. The van der Waals surface area contributed by atoms with Gasteiger partial charge in [-0.1, -0.05) is 6.92 Å². The van der Waals surface area contributed by atoms with Crippen molar-refractivity contribution in [2.75, 3.05) is 18.1 Å². The molecule has 0 saturated carbocycles. The smallest absolute Gasteiger partial charge is 0.236 e. The van der Waals surface area contributed by atoms with Crippen molar-refractivity contribution in [2.24, 2.45) is 5.73 Å². The summed E-state index contributed by atoms with van der Waals surface area (Å²) in [6.45, 7) is 3.91. The summed E-state index contributed by atoms with van der Waals surface area (Å²) < 4.78 is 10.9. The first-order valence-electron chi connectivity index (χ1n) is 3.96. The molecule has 0 heterocycles. The molecule has 0 aromatic heterocycles. The maximum absolute atomic E-state index is 10.9. The summed E-state index contributed by atoms with van der Waals surface area (Å²) in [5.41, 5.74) is 5.30. The van der Waals surface area contributed by atoms with Gasteiger partial charge in [-0.15, -0.1) is 0 Å². The third-order valence-corrected chi connectivity index (χ3v) is 2.67. The highest BCUT2D eigenvalue weighted by atomic mass is 32.2. The van der Waals surface area contributed by atoms with Gasteiger partial charge in [-0.3, -0.25) is 9.00 Å². The van der Waals surface area contributed by atoms with E-state index in [2.05, 4.69) is 5.32 Å². The second-order valence-corrected chi connectivity index (χ2v) is 4.38. The summed E-state index contributed by atoms with van der Waals surface area (Å²) >= 11 is 0. The SMILES string of the molecule is CCS(=O)CCNC(=O)C(C)N. The lowest BCUT2D eigenvalue weighted by Gasteiger charge is -2.06. The van der Waals surface area contributed by atoms with Crippen LogP contribution in [0.3, 0.4) is 0 Å². The topological polar surface area (TPSA) is 72.2 Å². The Labute approximate surface area is 75.4 Å². The van der Waals surface area contributed by atoms with Crippen LogP contribution < -0.4 is 11.1 Å². The van der Waals surface area contributed by atoms with Crippen LogP contribution >= 0.6 is 0 Å². The van der Waals surface area contributed by atoms with Gasteiger partial charge in [-0.2, -0.15) is 0 Å². The number of rotatable bonds is 5. The molecule has 0 spiro atoms. The number of amides is 1. The number of carbonyl (C=O) groups excluding carboxylic acids is 1. The molecule has 0 bridgehead atoms. The molecule has 0 aliphatic heterocycles. The Morgan fingerprint density at radius 1 is 1.67 bits per heavy atom. The minimum Gasteiger partial charge on any atom is -0.354 e. The van der Waals surface area contributed by atoms with E-state index in [1.807, 2.05) is 6.92 Å². The van der Waals surface area contributed by atoms with Crippen LogP contribution in [0.25, 0.3) is 0 Å². The van der Waals surface area contributed by atoms with Crippen LogP contribution in [-0.4, -0.2) is 34.2 Å². The fourth-order valence-electron chi connectivity index (χ4n) is 0.593. The van der Waals surface area contributed by atoms with Crippen molar-refractivity contribution in [1.29, 1.82) is 0 Å². The number of carbonyl (C=O) groups is 1. The maximum atomic E-state index is 10.9. The molecule has 0 fully saturated rings. The first-order valence-corrected chi connectivity index (χ1v) is 5.45. The van der Waals surface area contributed by atoms with Crippen LogP contribution in [0.2, 0.25) is 0 Å². The lowest BCUT2D eigenvalue weighted by molar-refractivity contribution is -0.121. The van der Waals surface area contributed by atoms with E-state index >= 15 is 0 Å². The Morgan fingerprint density at radius 2 is 2.25 bits per heavy atom. The summed E-state index contributed by atoms with van der Waals surface area (Å²) in [7, 11) is -0.812. The van der Waals surface area contributed by atoms with Gasteiger partial charge in [0.1, 0.15) is 0 Å². The summed E-state index contributed by atoms with van der Waals surface area (Å²) in [5.74, 6) is 0.950. The van der Waals surface area contributed by atoms with Crippen molar-refractivity contribution in [3.63, 3.8) is 0 Å². The van der Waals surface area contributed by atoms with Crippen LogP contribution in [0.5, 0.6) is 0 Å². The van der Waals surface area contributed by atoms with E-state index in [-0.39, 0.29) is 5.91 Å². The molecule has 1 amide bonds. The largest absolute Gasteiger partial charge is 0.354 e. The molecule has 0 radical (unpaired) electrons. The molecule has 3 N–H and O–H groups in total. The highest BCUT2D eigenvalue weighted by molar-refractivity contribution is 7.84. The quantitative estimate of drug-likeness (QED) is 0.600. The highest BCUT2D eigenvalue weighted by Gasteiger charge is 2.05. The van der Waals surface area contributed by atoms with E-state index in [1.54, 1.807) is 6.92 Å². The third kappa shape index (κ3) is 5.26. The van der Waals surface area contributed by atoms with Crippen LogP contribution in [0, 0.1) is 0 Å². The fourth-order valence-corrected chi connectivity index (χ4v) is 1.21. The molecule has 0 saturated heterocycles. The molecular formula is C7H16N2O2S. The van der Waals surface area contributed by atoms with E-state index in [9.17, 15) is 9.00 Å². The molecule has 0 aliphatic rings. The van der Waals surface area contributed by atoms with Gasteiger partial charge < -0.3 is 11.1 Å². The van der Waals surface area contributed by atoms with Gasteiger partial charge in [0, 0.05) is 28.9 Å². The number of hydrogen-bond donors (Lipinski definition) is 2. The van der Waals surface area contributed by atoms with Crippen molar-refractivity contribution in [1.82, 2.24) is 5.32 Å². The molecule has 72 valence electrons. The van der Waals surface area contributed by atoms with Crippen molar-refractivity contribution < 1.29 is 9.00 Å². The summed E-state index contributed by atoms with van der Waals surface area (Å²) in [4.78, 5) is 10.9. The zero-order chi connectivity index (χ0) is 9.56. The van der Waals surface area contributed by atoms with E-state index in [1.165, 1.54) is 0 Å². The van der Waals surface area contributed by atoms with Crippen LogP contribution in [-0.2, 0) is 15.6 Å². The normalized spacial score (nSPS) is 15.2. The van der Waals surface area contributed by atoms with Gasteiger partial charge in [-0.25, -0.2) is 0 Å².